The summed E-state index contributed by atoms with van der Waals surface area (Å²) in [6.07, 6.45) is 1.62. The zero-order chi connectivity index (χ0) is 10.8. The van der Waals surface area contributed by atoms with Gasteiger partial charge in [-0.1, -0.05) is 0 Å². The number of aryl methyl sites for hydroxylation is 1. The van der Waals surface area contributed by atoms with Crippen LogP contribution in [0.25, 0.3) is 10.7 Å². The smallest absolute Gasteiger partial charge is 0.251 e. The third-order valence-corrected chi connectivity index (χ3v) is 2.86. The zero-order valence-corrected chi connectivity index (χ0v) is 8.91. The Labute approximate surface area is 90.8 Å². The standard InChI is InChI=1S/C10H9N3OS/c1-6-5-15-10(13-6)8-7(9(11)14)3-2-4-12-8/h2-5H,1H3,(H2,11,14). The van der Waals surface area contributed by atoms with Gasteiger partial charge in [-0.05, 0) is 19.1 Å². The molecule has 0 aliphatic heterocycles. The molecule has 4 nitrogen and oxygen atoms in total. The largest absolute Gasteiger partial charge is 0.366 e. The number of pyridine rings is 1. The number of primary amides is 1. The first-order chi connectivity index (χ1) is 7.18. The molecule has 0 saturated carbocycles. The first-order valence-corrected chi connectivity index (χ1v) is 5.24. The van der Waals surface area contributed by atoms with Gasteiger partial charge in [0.15, 0.2) is 0 Å². The lowest BCUT2D eigenvalue weighted by atomic mass is 10.2. The van der Waals surface area contributed by atoms with Crippen LogP contribution in [0.2, 0.25) is 0 Å². The Morgan fingerprint density at radius 2 is 2.33 bits per heavy atom. The number of carbonyl (C=O) groups is 1. The van der Waals surface area contributed by atoms with E-state index in [1.807, 2.05) is 12.3 Å². The Hall–Kier alpha value is -1.75. The number of hydrogen-bond acceptors (Lipinski definition) is 4. The lowest BCUT2D eigenvalue weighted by Crippen LogP contribution is -2.12. The first-order valence-electron chi connectivity index (χ1n) is 4.36. The maximum absolute atomic E-state index is 11.2. The number of rotatable bonds is 2. The number of nitrogens with two attached hydrogens (primary N) is 1. The molecule has 0 spiro atoms. The van der Waals surface area contributed by atoms with Crippen molar-refractivity contribution in [3.63, 3.8) is 0 Å². The molecule has 2 aromatic rings. The monoisotopic (exact) mass is 219 g/mol. The van der Waals surface area contributed by atoms with Gasteiger partial charge in [-0.15, -0.1) is 11.3 Å². The van der Waals surface area contributed by atoms with Crippen LogP contribution in [0.15, 0.2) is 23.7 Å². The van der Waals surface area contributed by atoms with E-state index in [9.17, 15) is 4.79 Å². The van der Waals surface area contributed by atoms with Crippen molar-refractivity contribution < 1.29 is 4.79 Å². The number of amides is 1. The van der Waals surface area contributed by atoms with Gasteiger partial charge in [-0.25, -0.2) is 4.98 Å². The molecule has 0 fully saturated rings. The van der Waals surface area contributed by atoms with Crippen LogP contribution in [-0.2, 0) is 0 Å². The molecule has 2 N–H and O–H groups in total. The summed E-state index contributed by atoms with van der Waals surface area (Å²) in [5.74, 6) is -0.481. The topological polar surface area (TPSA) is 68.9 Å². The minimum atomic E-state index is -0.481. The predicted octanol–water partition coefficient (Wildman–Crippen LogP) is 1.61. The van der Waals surface area contributed by atoms with Crippen molar-refractivity contribution in [2.24, 2.45) is 5.73 Å². The van der Waals surface area contributed by atoms with E-state index in [1.165, 1.54) is 11.3 Å². The molecule has 0 bridgehead atoms. The molecule has 0 radical (unpaired) electrons. The van der Waals surface area contributed by atoms with E-state index in [4.69, 9.17) is 5.73 Å². The Kier molecular flexibility index (Phi) is 2.47. The van der Waals surface area contributed by atoms with Gasteiger partial charge in [-0.2, -0.15) is 0 Å². The Morgan fingerprint density at radius 1 is 1.53 bits per heavy atom. The maximum atomic E-state index is 11.2. The molecule has 0 aromatic carbocycles. The van der Waals surface area contributed by atoms with E-state index in [1.54, 1.807) is 18.3 Å². The van der Waals surface area contributed by atoms with Crippen molar-refractivity contribution in [3.05, 3.63) is 35.0 Å². The third-order valence-electron chi connectivity index (χ3n) is 1.89. The second-order valence-corrected chi connectivity index (χ2v) is 3.92. The van der Waals surface area contributed by atoms with E-state index in [0.29, 0.717) is 11.3 Å². The second kappa shape index (κ2) is 3.78. The molecule has 0 saturated heterocycles. The highest BCUT2D eigenvalue weighted by Gasteiger charge is 2.13. The molecule has 2 rings (SSSR count). The van der Waals surface area contributed by atoms with Crippen molar-refractivity contribution in [2.75, 3.05) is 0 Å². The summed E-state index contributed by atoms with van der Waals surface area (Å²) in [6.45, 7) is 1.90. The molecule has 2 heterocycles. The fraction of sp³-hybridized carbons (Fsp3) is 0.100. The van der Waals surface area contributed by atoms with Gasteiger partial charge in [0.25, 0.3) is 5.91 Å². The van der Waals surface area contributed by atoms with E-state index >= 15 is 0 Å². The van der Waals surface area contributed by atoms with E-state index < -0.39 is 5.91 Å². The van der Waals surface area contributed by atoms with Crippen LogP contribution in [0.4, 0.5) is 0 Å². The van der Waals surface area contributed by atoms with Crippen LogP contribution in [0.3, 0.4) is 0 Å². The fourth-order valence-corrected chi connectivity index (χ4v) is 2.04. The third kappa shape index (κ3) is 1.87. The predicted molar refractivity (Wildman–Crippen MR) is 58.6 cm³/mol. The molecule has 76 valence electrons. The SMILES string of the molecule is Cc1csc(-c2ncccc2C(N)=O)n1. The van der Waals surface area contributed by atoms with Crippen LogP contribution >= 0.6 is 11.3 Å². The molecule has 5 heteroatoms. The summed E-state index contributed by atoms with van der Waals surface area (Å²) >= 11 is 1.45. The van der Waals surface area contributed by atoms with Gasteiger partial charge in [0.05, 0.1) is 5.56 Å². The average molecular weight is 219 g/mol. The lowest BCUT2D eigenvalue weighted by molar-refractivity contribution is 0.100. The normalized spacial score (nSPS) is 10.2. The maximum Gasteiger partial charge on any atom is 0.251 e. The molecule has 0 aliphatic carbocycles. The van der Waals surface area contributed by atoms with E-state index in [0.717, 1.165) is 10.7 Å². The molecule has 0 aliphatic rings. The van der Waals surface area contributed by atoms with Crippen molar-refractivity contribution >= 4 is 17.2 Å². The van der Waals surface area contributed by atoms with Crippen molar-refractivity contribution in [1.82, 2.24) is 9.97 Å². The second-order valence-electron chi connectivity index (χ2n) is 3.06. The first kappa shape index (κ1) is 9.79. The summed E-state index contributed by atoms with van der Waals surface area (Å²) in [5, 5.41) is 2.64. The van der Waals surface area contributed by atoms with Crippen LogP contribution in [0, 0.1) is 6.92 Å². The van der Waals surface area contributed by atoms with Gasteiger partial charge in [0.1, 0.15) is 10.7 Å². The van der Waals surface area contributed by atoms with Gasteiger partial charge in [0.2, 0.25) is 0 Å². The van der Waals surface area contributed by atoms with Crippen LogP contribution in [0.1, 0.15) is 16.1 Å². The Balaban J connectivity index is 2.57. The zero-order valence-electron chi connectivity index (χ0n) is 8.10. The highest BCUT2D eigenvalue weighted by atomic mass is 32.1. The number of nitrogens with zero attached hydrogens (tertiary/aromatic N) is 2. The highest BCUT2D eigenvalue weighted by Crippen LogP contribution is 2.24. The number of carbonyl (C=O) groups excluding carboxylic acids is 1. The van der Waals surface area contributed by atoms with Gasteiger partial charge >= 0.3 is 0 Å². The van der Waals surface area contributed by atoms with Crippen molar-refractivity contribution in [2.45, 2.75) is 6.92 Å². The summed E-state index contributed by atoms with van der Waals surface area (Å²) in [4.78, 5) is 19.6. The van der Waals surface area contributed by atoms with Crippen LogP contribution < -0.4 is 5.73 Å². The van der Waals surface area contributed by atoms with Gasteiger partial charge in [0, 0.05) is 17.3 Å². The molecule has 15 heavy (non-hydrogen) atoms. The molecule has 2 aromatic heterocycles. The van der Waals surface area contributed by atoms with Gasteiger partial charge < -0.3 is 5.73 Å². The molecular formula is C10H9N3OS. The van der Waals surface area contributed by atoms with E-state index in [2.05, 4.69) is 9.97 Å². The number of hydrogen-bond donors (Lipinski definition) is 1. The lowest BCUT2D eigenvalue weighted by Gasteiger charge is -2.00. The van der Waals surface area contributed by atoms with Crippen LogP contribution in [0.5, 0.6) is 0 Å². The van der Waals surface area contributed by atoms with Crippen molar-refractivity contribution in [1.29, 1.82) is 0 Å². The molecule has 0 atom stereocenters. The highest BCUT2D eigenvalue weighted by molar-refractivity contribution is 7.13. The minimum absolute atomic E-state index is 0.409. The summed E-state index contributed by atoms with van der Waals surface area (Å²) in [6, 6.07) is 3.34. The fourth-order valence-electron chi connectivity index (χ4n) is 1.24. The Bertz CT molecular complexity index is 507. The van der Waals surface area contributed by atoms with E-state index in [-0.39, 0.29) is 0 Å². The molecule has 0 unspecified atom stereocenters. The van der Waals surface area contributed by atoms with Crippen molar-refractivity contribution in [3.8, 4) is 10.7 Å². The summed E-state index contributed by atoms with van der Waals surface area (Å²) in [7, 11) is 0. The van der Waals surface area contributed by atoms with Gasteiger partial charge in [-0.3, -0.25) is 9.78 Å². The quantitative estimate of drug-likeness (QED) is 0.834. The minimum Gasteiger partial charge on any atom is -0.366 e. The van der Waals surface area contributed by atoms with Crippen LogP contribution in [-0.4, -0.2) is 15.9 Å². The molecule has 1 amide bonds. The average Bonchev–Trinajstić information content (AvgIpc) is 2.65. The summed E-state index contributed by atoms with van der Waals surface area (Å²) in [5.41, 5.74) is 7.14. The molecular weight excluding hydrogens is 210 g/mol. The Morgan fingerprint density at radius 3 is 2.93 bits per heavy atom. The number of aromatic nitrogens is 2. The summed E-state index contributed by atoms with van der Waals surface area (Å²) < 4.78 is 0. The number of thiazole rings is 1.